The Morgan fingerprint density at radius 2 is 2.00 bits per heavy atom. The fourth-order valence-corrected chi connectivity index (χ4v) is 1.69. The number of halogens is 2. The molecule has 1 aromatic rings. The van der Waals surface area contributed by atoms with Crippen molar-refractivity contribution < 1.29 is 14.3 Å². The van der Waals surface area contributed by atoms with Crippen molar-refractivity contribution >= 4 is 17.6 Å². The van der Waals surface area contributed by atoms with Crippen LogP contribution in [0.2, 0.25) is 5.02 Å². The molecule has 0 aromatic heterocycles. The fourth-order valence-electron chi connectivity index (χ4n) is 1.24. The predicted molar refractivity (Wildman–Crippen MR) is 56.8 cm³/mol. The molecule has 15 heavy (non-hydrogen) atoms. The number of carboxylic acids is 1. The van der Waals surface area contributed by atoms with E-state index < -0.39 is 17.2 Å². The lowest BCUT2D eigenvalue weighted by Crippen LogP contribution is -2.29. The number of hydrogen-bond acceptors (Lipinski definition) is 1. The van der Waals surface area contributed by atoms with Crippen LogP contribution in [0.25, 0.3) is 0 Å². The van der Waals surface area contributed by atoms with E-state index >= 15 is 0 Å². The second kappa shape index (κ2) is 3.81. The zero-order valence-corrected chi connectivity index (χ0v) is 9.52. The molecule has 0 fully saturated rings. The van der Waals surface area contributed by atoms with Crippen LogP contribution in [0, 0.1) is 12.7 Å². The molecule has 2 nitrogen and oxygen atoms in total. The Hall–Kier alpha value is -1.09. The molecule has 0 saturated heterocycles. The van der Waals surface area contributed by atoms with E-state index in [1.807, 2.05) is 0 Å². The van der Waals surface area contributed by atoms with Crippen molar-refractivity contribution in [1.82, 2.24) is 0 Å². The van der Waals surface area contributed by atoms with Gasteiger partial charge in [-0.1, -0.05) is 11.6 Å². The van der Waals surface area contributed by atoms with Gasteiger partial charge in [-0.25, -0.2) is 4.39 Å². The van der Waals surface area contributed by atoms with Crippen LogP contribution in [-0.4, -0.2) is 11.1 Å². The van der Waals surface area contributed by atoms with E-state index in [-0.39, 0.29) is 5.02 Å². The number of carboxylic acid groups (broad SMARTS) is 1. The Kier molecular flexibility index (Phi) is 3.05. The molecular weight excluding hydrogens is 219 g/mol. The maximum absolute atomic E-state index is 13.3. The molecule has 0 unspecified atom stereocenters. The van der Waals surface area contributed by atoms with E-state index in [1.165, 1.54) is 26.0 Å². The Balaban J connectivity index is 3.38. The van der Waals surface area contributed by atoms with Crippen molar-refractivity contribution in [3.05, 3.63) is 34.1 Å². The molecule has 1 rings (SSSR count). The summed E-state index contributed by atoms with van der Waals surface area (Å²) in [5, 5.41) is 9.28. The van der Waals surface area contributed by atoms with Crippen molar-refractivity contribution in [2.75, 3.05) is 0 Å². The van der Waals surface area contributed by atoms with Gasteiger partial charge >= 0.3 is 5.97 Å². The third-order valence-electron chi connectivity index (χ3n) is 2.46. The van der Waals surface area contributed by atoms with Gasteiger partial charge in [0, 0.05) is 5.02 Å². The van der Waals surface area contributed by atoms with Crippen molar-refractivity contribution in [1.29, 1.82) is 0 Å². The summed E-state index contributed by atoms with van der Waals surface area (Å²) in [7, 11) is 0. The second-order valence-electron chi connectivity index (χ2n) is 4.01. The number of rotatable bonds is 2. The van der Waals surface area contributed by atoms with Crippen molar-refractivity contribution in [2.24, 2.45) is 0 Å². The average Bonchev–Trinajstić information content (AvgIpc) is 2.10. The van der Waals surface area contributed by atoms with Crippen LogP contribution in [0.5, 0.6) is 0 Å². The van der Waals surface area contributed by atoms with Crippen LogP contribution in [0.4, 0.5) is 4.39 Å². The lowest BCUT2D eigenvalue weighted by atomic mass is 9.84. The maximum atomic E-state index is 13.3. The van der Waals surface area contributed by atoms with Crippen LogP contribution in [0.3, 0.4) is 0 Å². The molecule has 1 N–H and O–H groups in total. The highest BCUT2D eigenvalue weighted by Crippen LogP contribution is 2.31. The minimum Gasteiger partial charge on any atom is -0.481 e. The Bertz CT molecular complexity index is 413. The minimum atomic E-state index is -1.19. The van der Waals surface area contributed by atoms with Crippen LogP contribution in [-0.2, 0) is 10.2 Å². The molecule has 0 aliphatic rings. The Labute approximate surface area is 92.7 Å². The summed E-state index contributed by atoms with van der Waals surface area (Å²) in [5.41, 5.74) is -0.490. The Morgan fingerprint density at radius 3 is 2.47 bits per heavy atom. The van der Waals surface area contributed by atoms with E-state index in [1.54, 1.807) is 6.92 Å². The molecule has 0 saturated carbocycles. The summed E-state index contributed by atoms with van der Waals surface area (Å²) in [4.78, 5) is 11.0. The molecule has 82 valence electrons. The molecule has 0 spiro atoms. The lowest BCUT2D eigenvalue weighted by molar-refractivity contribution is -0.142. The third-order valence-corrected chi connectivity index (χ3v) is 2.77. The number of carbonyl (C=O) groups is 1. The van der Waals surface area contributed by atoms with Crippen LogP contribution >= 0.6 is 11.6 Å². The van der Waals surface area contributed by atoms with E-state index in [0.717, 1.165) is 0 Å². The summed E-state index contributed by atoms with van der Waals surface area (Å²) in [6.45, 7) is 4.56. The van der Waals surface area contributed by atoms with Gasteiger partial charge in [0.1, 0.15) is 5.82 Å². The molecule has 0 aliphatic heterocycles. The summed E-state index contributed by atoms with van der Waals surface area (Å²) in [6, 6.07) is 2.63. The van der Waals surface area contributed by atoms with Gasteiger partial charge in [-0.3, -0.25) is 4.79 Å². The topological polar surface area (TPSA) is 37.3 Å². The molecule has 0 radical (unpaired) electrons. The summed E-state index contributed by atoms with van der Waals surface area (Å²) in [6.07, 6.45) is 0. The first-order valence-corrected chi connectivity index (χ1v) is 4.84. The van der Waals surface area contributed by atoms with E-state index in [9.17, 15) is 9.18 Å². The van der Waals surface area contributed by atoms with Crippen LogP contribution in [0.1, 0.15) is 25.0 Å². The first-order chi connectivity index (χ1) is 6.76. The fraction of sp³-hybridized carbons (Fsp3) is 0.364. The monoisotopic (exact) mass is 230 g/mol. The van der Waals surface area contributed by atoms with Gasteiger partial charge in [0.25, 0.3) is 0 Å². The normalized spacial score (nSPS) is 11.5. The highest BCUT2D eigenvalue weighted by Gasteiger charge is 2.32. The van der Waals surface area contributed by atoms with Crippen LogP contribution in [0.15, 0.2) is 12.1 Å². The van der Waals surface area contributed by atoms with Gasteiger partial charge < -0.3 is 5.11 Å². The Morgan fingerprint density at radius 1 is 1.47 bits per heavy atom. The van der Waals surface area contributed by atoms with Gasteiger partial charge in [-0.05, 0) is 44.0 Å². The number of aryl methyl sites for hydroxylation is 1. The summed E-state index contributed by atoms with van der Waals surface area (Å²) in [5.74, 6) is -1.48. The zero-order chi connectivity index (χ0) is 11.8. The third kappa shape index (κ3) is 2.12. The van der Waals surface area contributed by atoms with Gasteiger partial charge in [0.2, 0.25) is 0 Å². The maximum Gasteiger partial charge on any atom is 0.313 e. The SMILES string of the molecule is Cc1cc(Cl)c(C(C)(C)C(=O)O)cc1F. The quantitative estimate of drug-likeness (QED) is 0.848. The molecule has 0 amide bonds. The standard InChI is InChI=1S/C11H12ClFO2/c1-6-4-8(12)7(5-9(6)13)11(2,3)10(14)15/h4-5H,1-3H3,(H,14,15). The number of hydrogen-bond donors (Lipinski definition) is 1. The van der Waals surface area contributed by atoms with Gasteiger partial charge in [-0.15, -0.1) is 0 Å². The average molecular weight is 231 g/mol. The highest BCUT2D eigenvalue weighted by molar-refractivity contribution is 6.31. The summed E-state index contributed by atoms with van der Waals surface area (Å²) < 4.78 is 13.3. The number of benzene rings is 1. The zero-order valence-electron chi connectivity index (χ0n) is 8.77. The lowest BCUT2D eigenvalue weighted by Gasteiger charge is -2.21. The molecule has 1 aromatic carbocycles. The van der Waals surface area contributed by atoms with Gasteiger partial charge in [0.05, 0.1) is 5.41 Å². The molecule has 0 bridgehead atoms. The van der Waals surface area contributed by atoms with Crippen LogP contribution < -0.4 is 0 Å². The molecule has 0 atom stereocenters. The van der Waals surface area contributed by atoms with Gasteiger partial charge in [-0.2, -0.15) is 0 Å². The molecule has 4 heteroatoms. The molecular formula is C11H12ClFO2. The van der Waals surface area contributed by atoms with E-state index in [2.05, 4.69) is 0 Å². The molecule has 0 aliphatic carbocycles. The first-order valence-electron chi connectivity index (χ1n) is 4.46. The van der Waals surface area contributed by atoms with Gasteiger partial charge in [0.15, 0.2) is 0 Å². The van der Waals surface area contributed by atoms with E-state index in [4.69, 9.17) is 16.7 Å². The number of aliphatic carboxylic acids is 1. The van der Waals surface area contributed by atoms with Crippen molar-refractivity contribution in [3.8, 4) is 0 Å². The largest absolute Gasteiger partial charge is 0.481 e. The predicted octanol–water partition coefficient (Wildman–Crippen LogP) is 3.15. The smallest absolute Gasteiger partial charge is 0.313 e. The van der Waals surface area contributed by atoms with Crippen molar-refractivity contribution in [3.63, 3.8) is 0 Å². The first kappa shape index (κ1) is 12.0. The van der Waals surface area contributed by atoms with Crippen molar-refractivity contribution in [2.45, 2.75) is 26.2 Å². The second-order valence-corrected chi connectivity index (χ2v) is 4.42. The highest BCUT2D eigenvalue weighted by atomic mass is 35.5. The minimum absolute atomic E-state index is 0.279. The summed E-state index contributed by atoms with van der Waals surface area (Å²) >= 11 is 5.90. The van der Waals surface area contributed by atoms with E-state index in [0.29, 0.717) is 11.1 Å². The molecule has 0 heterocycles.